The van der Waals surface area contributed by atoms with Crippen molar-refractivity contribution >= 4 is 18.2 Å². The molecule has 1 saturated heterocycles. The Bertz CT molecular complexity index is 825. The van der Waals surface area contributed by atoms with Gasteiger partial charge in [-0.2, -0.15) is 4.68 Å². The first kappa shape index (κ1) is 20.3. The highest BCUT2D eigenvalue weighted by Gasteiger charge is 2.28. The van der Waals surface area contributed by atoms with Crippen molar-refractivity contribution in [2.24, 2.45) is 5.92 Å². The topological polar surface area (TPSA) is 80.2 Å². The van der Waals surface area contributed by atoms with Crippen molar-refractivity contribution in [1.29, 1.82) is 0 Å². The molecule has 0 radical (unpaired) electrons. The summed E-state index contributed by atoms with van der Waals surface area (Å²) in [6, 6.07) is 7.30. The van der Waals surface area contributed by atoms with E-state index in [0.717, 1.165) is 31.7 Å². The van der Waals surface area contributed by atoms with Crippen LogP contribution in [0.2, 0.25) is 0 Å². The summed E-state index contributed by atoms with van der Waals surface area (Å²) in [4.78, 5) is 13.5. The minimum absolute atomic E-state index is 0.00226. The summed E-state index contributed by atoms with van der Waals surface area (Å²) in [6.07, 6.45) is 1.62. The highest BCUT2D eigenvalue weighted by molar-refractivity contribution is 7.71. The molecule has 0 amide bonds. The van der Waals surface area contributed by atoms with Gasteiger partial charge < -0.3 is 23.5 Å². The van der Waals surface area contributed by atoms with E-state index in [1.807, 2.05) is 31.2 Å². The van der Waals surface area contributed by atoms with Crippen LogP contribution in [0, 0.1) is 10.8 Å². The highest BCUT2D eigenvalue weighted by atomic mass is 32.1. The summed E-state index contributed by atoms with van der Waals surface area (Å²) in [7, 11) is 1.62. The van der Waals surface area contributed by atoms with Crippen LogP contribution >= 0.6 is 12.2 Å². The first-order valence-corrected chi connectivity index (χ1v) is 9.83. The van der Waals surface area contributed by atoms with Gasteiger partial charge in [0.15, 0.2) is 13.3 Å². The quantitative estimate of drug-likeness (QED) is 0.525. The van der Waals surface area contributed by atoms with Crippen LogP contribution in [0.25, 0.3) is 0 Å². The number of carbonyl (C=O) groups excluding carboxylic acids is 1. The van der Waals surface area contributed by atoms with Gasteiger partial charge in [0.25, 0.3) is 10.7 Å². The number of piperidine rings is 1. The van der Waals surface area contributed by atoms with E-state index in [2.05, 4.69) is 5.10 Å². The number of benzene rings is 1. The van der Waals surface area contributed by atoms with Gasteiger partial charge in [0.05, 0.1) is 32.7 Å². The molecule has 28 heavy (non-hydrogen) atoms. The lowest BCUT2D eigenvalue weighted by Gasteiger charge is -2.27. The molecule has 2 heterocycles. The molecule has 1 aromatic carbocycles. The SMILES string of the molecule is CCOC(=O)C1CC[NH+](Cn2nc(COc3ccc(OC)cc3)oc2=S)CC1. The number of likely N-dealkylation sites (tertiary alicyclic amines) is 1. The molecule has 0 aliphatic carbocycles. The number of methoxy groups -OCH3 is 1. The summed E-state index contributed by atoms with van der Waals surface area (Å²) in [5.74, 6) is 1.81. The second-order valence-corrected chi connectivity index (χ2v) is 7.01. The molecule has 0 bridgehead atoms. The zero-order valence-corrected chi connectivity index (χ0v) is 17.0. The number of nitrogens with zero attached hydrogens (tertiary/aromatic N) is 2. The van der Waals surface area contributed by atoms with E-state index in [4.69, 9.17) is 30.8 Å². The zero-order chi connectivity index (χ0) is 19.9. The third kappa shape index (κ3) is 5.32. The number of quaternary nitrogens is 1. The summed E-state index contributed by atoms with van der Waals surface area (Å²) in [5, 5.41) is 4.42. The van der Waals surface area contributed by atoms with Crippen LogP contribution < -0.4 is 14.4 Å². The Morgan fingerprint density at radius 2 is 1.96 bits per heavy atom. The monoisotopic (exact) mass is 408 g/mol. The Hall–Kier alpha value is -2.39. The summed E-state index contributed by atoms with van der Waals surface area (Å²) in [5.41, 5.74) is 0. The predicted molar refractivity (Wildman–Crippen MR) is 103 cm³/mol. The van der Waals surface area contributed by atoms with E-state index in [1.54, 1.807) is 11.8 Å². The molecule has 9 heteroatoms. The van der Waals surface area contributed by atoms with Crippen molar-refractivity contribution in [3.05, 3.63) is 35.0 Å². The van der Waals surface area contributed by atoms with Crippen LogP contribution in [-0.2, 0) is 22.8 Å². The zero-order valence-electron chi connectivity index (χ0n) is 16.2. The van der Waals surface area contributed by atoms with Gasteiger partial charge in [-0.3, -0.25) is 4.79 Å². The molecule has 1 aliphatic rings. The standard InChI is InChI=1S/C19H25N3O5S/c1-3-25-18(23)14-8-10-21(11-9-14)13-22-19(28)27-17(20-22)12-26-16-6-4-15(24-2)5-7-16/h4-7,14H,3,8-13H2,1-2H3/p+1. The van der Waals surface area contributed by atoms with Gasteiger partial charge in [-0.15, -0.1) is 5.10 Å². The largest absolute Gasteiger partial charge is 0.497 e. The Morgan fingerprint density at radius 3 is 2.61 bits per heavy atom. The first-order chi connectivity index (χ1) is 13.6. The average molecular weight is 409 g/mol. The van der Waals surface area contributed by atoms with E-state index in [1.165, 1.54) is 4.90 Å². The maximum absolute atomic E-state index is 11.8. The molecule has 1 aromatic heterocycles. The molecule has 0 unspecified atom stereocenters. The third-order valence-electron chi connectivity index (χ3n) is 4.76. The lowest BCUT2D eigenvalue weighted by molar-refractivity contribution is -0.929. The van der Waals surface area contributed by atoms with Gasteiger partial charge in [0.1, 0.15) is 11.5 Å². The van der Waals surface area contributed by atoms with Gasteiger partial charge in [-0.1, -0.05) is 0 Å². The Morgan fingerprint density at radius 1 is 1.29 bits per heavy atom. The van der Waals surface area contributed by atoms with E-state index in [-0.39, 0.29) is 18.5 Å². The fourth-order valence-electron chi connectivity index (χ4n) is 3.22. The second kappa shape index (κ2) is 9.70. The molecule has 2 aromatic rings. The van der Waals surface area contributed by atoms with E-state index >= 15 is 0 Å². The molecule has 1 aliphatic heterocycles. The minimum Gasteiger partial charge on any atom is -0.497 e. The van der Waals surface area contributed by atoms with Gasteiger partial charge in [-0.25, -0.2) is 0 Å². The smallest absolute Gasteiger partial charge is 0.309 e. The Labute approximate surface area is 169 Å². The van der Waals surface area contributed by atoms with Crippen molar-refractivity contribution in [2.45, 2.75) is 33.0 Å². The highest BCUT2D eigenvalue weighted by Crippen LogP contribution is 2.18. The van der Waals surface area contributed by atoms with Gasteiger partial charge >= 0.3 is 5.97 Å². The minimum atomic E-state index is -0.0856. The predicted octanol–water partition coefficient (Wildman–Crippen LogP) is 1.61. The van der Waals surface area contributed by atoms with Crippen LogP contribution in [0.4, 0.5) is 0 Å². The van der Waals surface area contributed by atoms with Crippen molar-refractivity contribution in [3.8, 4) is 11.5 Å². The maximum atomic E-state index is 11.8. The molecule has 0 atom stereocenters. The molecule has 8 nitrogen and oxygen atoms in total. The van der Waals surface area contributed by atoms with Crippen LogP contribution in [0.15, 0.2) is 28.7 Å². The van der Waals surface area contributed by atoms with Gasteiger partial charge in [0, 0.05) is 12.8 Å². The van der Waals surface area contributed by atoms with E-state index < -0.39 is 0 Å². The van der Waals surface area contributed by atoms with Crippen molar-refractivity contribution in [2.75, 3.05) is 26.8 Å². The number of rotatable bonds is 8. The van der Waals surface area contributed by atoms with Gasteiger partial charge in [0.2, 0.25) is 0 Å². The van der Waals surface area contributed by atoms with E-state index in [9.17, 15) is 4.79 Å². The van der Waals surface area contributed by atoms with Crippen LogP contribution in [0.3, 0.4) is 0 Å². The summed E-state index contributed by atoms with van der Waals surface area (Å²) >= 11 is 5.28. The molecule has 1 fully saturated rings. The normalized spacial score (nSPS) is 19.2. The summed E-state index contributed by atoms with van der Waals surface area (Å²) in [6.45, 7) is 4.82. The fourth-order valence-corrected chi connectivity index (χ4v) is 3.42. The number of carbonyl (C=O) groups is 1. The molecule has 1 N–H and O–H groups in total. The Kier molecular flexibility index (Phi) is 7.05. The molecule has 0 saturated carbocycles. The first-order valence-electron chi connectivity index (χ1n) is 9.43. The van der Waals surface area contributed by atoms with Crippen LogP contribution in [0.1, 0.15) is 25.7 Å². The molecule has 3 rings (SSSR count). The maximum Gasteiger partial charge on any atom is 0.309 e. The average Bonchev–Trinajstić information content (AvgIpc) is 3.07. The van der Waals surface area contributed by atoms with Crippen LogP contribution in [-0.4, -0.2) is 42.6 Å². The molecular weight excluding hydrogens is 382 g/mol. The Balaban J connectivity index is 1.50. The third-order valence-corrected chi connectivity index (χ3v) is 5.05. The molecule has 152 valence electrons. The van der Waals surface area contributed by atoms with Crippen molar-refractivity contribution < 1.29 is 28.3 Å². The number of nitrogens with one attached hydrogen (secondary N) is 1. The lowest BCUT2D eigenvalue weighted by atomic mass is 9.97. The van der Waals surface area contributed by atoms with Crippen LogP contribution in [0.5, 0.6) is 11.5 Å². The molecular formula is C19H26N3O5S+. The number of hydrogen-bond donors (Lipinski definition) is 1. The fraction of sp³-hybridized carbons (Fsp3) is 0.526. The van der Waals surface area contributed by atoms with Crippen molar-refractivity contribution in [1.82, 2.24) is 9.78 Å². The summed E-state index contributed by atoms with van der Waals surface area (Å²) < 4.78 is 23.1. The number of aromatic nitrogens is 2. The second-order valence-electron chi connectivity index (χ2n) is 6.66. The van der Waals surface area contributed by atoms with Gasteiger partial charge in [-0.05, 0) is 43.4 Å². The number of esters is 1. The van der Waals surface area contributed by atoms with E-state index in [0.29, 0.717) is 29.8 Å². The lowest BCUT2D eigenvalue weighted by Crippen LogP contribution is -3.12. The number of ether oxygens (including phenoxy) is 3. The molecule has 0 spiro atoms. The number of hydrogen-bond acceptors (Lipinski definition) is 7. The van der Waals surface area contributed by atoms with Crippen molar-refractivity contribution in [3.63, 3.8) is 0 Å².